The van der Waals surface area contributed by atoms with Crippen LogP contribution in [-0.2, 0) is 18.3 Å². The monoisotopic (exact) mass is 440 g/mol. The topological polar surface area (TPSA) is 86.1 Å². The molecule has 0 spiro atoms. The van der Waals surface area contributed by atoms with E-state index in [4.69, 9.17) is 4.74 Å². The summed E-state index contributed by atoms with van der Waals surface area (Å²) in [5.74, 6) is 1.76. The van der Waals surface area contributed by atoms with Gasteiger partial charge in [-0.15, -0.1) is 10.2 Å². The van der Waals surface area contributed by atoms with Gasteiger partial charge < -0.3 is 14.6 Å². The number of halogens is 1. The van der Waals surface area contributed by atoms with E-state index >= 15 is 0 Å². The number of hydrogen-bond donors (Lipinski definition) is 1. The van der Waals surface area contributed by atoms with Crippen LogP contribution in [0.25, 0.3) is 0 Å². The number of ether oxygens (including phenoxy) is 1. The molecular formula is C17H21BrN4O3S. The number of carbonyl (C=O) groups is 2. The Kier molecular flexibility index (Phi) is 7.65. The molecular weight excluding hydrogens is 420 g/mol. The molecule has 0 fully saturated rings. The number of nitrogens with zero attached hydrogens (tertiary/aromatic N) is 3. The van der Waals surface area contributed by atoms with Gasteiger partial charge in [-0.1, -0.05) is 11.8 Å². The van der Waals surface area contributed by atoms with Crippen molar-refractivity contribution in [2.45, 2.75) is 24.9 Å². The van der Waals surface area contributed by atoms with Crippen molar-refractivity contribution in [2.75, 3.05) is 19.4 Å². The smallest absolute Gasteiger partial charge is 0.216 e. The second kappa shape index (κ2) is 9.72. The molecule has 0 aliphatic carbocycles. The molecule has 0 unspecified atom stereocenters. The summed E-state index contributed by atoms with van der Waals surface area (Å²) in [5.41, 5.74) is 0.614. The summed E-state index contributed by atoms with van der Waals surface area (Å²) in [4.78, 5) is 23.2. The van der Waals surface area contributed by atoms with Crippen molar-refractivity contribution in [1.29, 1.82) is 0 Å². The molecule has 9 heteroatoms. The molecule has 0 aliphatic rings. The third kappa shape index (κ3) is 5.57. The molecule has 0 radical (unpaired) electrons. The van der Waals surface area contributed by atoms with Crippen molar-refractivity contribution in [1.82, 2.24) is 20.1 Å². The lowest BCUT2D eigenvalue weighted by atomic mass is 10.1. The number of hydrogen-bond acceptors (Lipinski definition) is 6. The Morgan fingerprint density at radius 2 is 2.12 bits per heavy atom. The molecule has 1 aromatic carbocycles. The second-order valence-electron chi connectivity index (χ2n) is 5.61. The van der Waals surface area contributed by atoms with Gasteiger partial charge in [0.15, 0.2) is 10.9 Å². The highest BCUT2D eigenvalue weighted by atomic mass is 79.9. The SMILES string of the molecule is COc1ccc(C(=O)CSc2nnc(CCCNC(C)=O)n2C)cc1Br. The predicted octanol–water partition coefficient (Wildman–Crippen LogP) is 2.63. The number of thioether (sulfide) groups is 1. The Bertz CT molecular complexity index is 794. The zero-order valence-electron chi connectivity index (χ0n) is 14.9. The highest BCUT2D eigenvalue weighted by Gasteiger charge is 2.13. The van der Waals surface area contributed by atoms with Gasteiger partial charge in [0, 0.05) is 32.5 Å². The molecule has 0 aliphatic heterocycles. The van der Waals surface area contributed by atoms with Crippen LogP contribution in [0.4, 0.5) is 0 Å². The van der Waals surface area contributed by atoms with Crippen LogP contribution in [0.2, 0.25) is 0 Å². The number of aromatic nitrogens is 3. The van der Waals surface area contributed by atoms with Crippen molar-refractivity contribution in [2.24, 2.45) is 7.05 Å². The quantitative estimate of drug-likeness (QED) is 0.366. The van der Waals surface area contributed by atoms with Gasteiger partial charge in [-0.2, -0.15) is 0 Å². The van der Waals surface area contributed by atoms with Crippen LogP contribution in [0.15, 0.2) is 27.8 Å². The Hall–Kier alpha value is -1.87. The third-order valence-corrected chi connectivity index (χ3v) is 5.32. The van der Waals surface area contributed by atoms with Crippen LogP contribution < -0.4 is 10.1 Å². The Morgan fingerprint density at radius 3 is 2.77 bits per heavy atom. The molecule has 140 valence electrons. The molecule has 1 heterocycles. The Morgan fingerprint density at radius 1 is 1.35 bits per heavy atom. The standard InChI is InChI=1S/C17H21BrN4O3S/c1-11(23)19-8-4-5-16-20-21-17(22(16)2)26-10-14(24)12-6-7-15(25-3)13(18)9-12/h6-7,9H,4-5,8,10H2,1-3H3,(H,19,23). The molecule has 7 nitrogen and oxygen atoms in total. The summed E-state index contributed by atoms with van der Waals surface area (Å²) < 4.78 is 7.80. The lowest BCUT2D eigenvalue weighted by Crippen LogP contribution is -2.21. The van der Waals surface area contributed by atoms with Crippen LogP contribution in [0.5, 0.6) is 5.75 Å². The third-order valence-electron chi connectivity index (χ3n) is 3.68. The normalized spacial score (nSPS) is 10.6. The number of rotatable bonds is 9. The largest absolute Gasteiger partial charge is 0.496 e. The van der Waals surface area contributed by atoms with Crippen LogP contribution in [-0.4, -0.2) is 45.9 Å². The van der Waals surface area contributed by atoms with Crippen molar-refractivity contribution in [3.63, 3.8) is 0 Å². The molecule has 2 aromatic rings. The van der Waals surface area contributed by atoms with Gasteiger partial charge in [-0.3, -0.25) is 9.59 Å². The van der Waals surface area contributed by atoms with Crippen LogP contribution in [0.3, 0.4) is 0 Å². The summed E-state index contributed by atoms with van der Waals surface area (Å²) in [7, 11) is 3.46. The zero-order valence-corrected chi connectivity index (χ0v) is 17.3. The number of aryl methyl sites for hydroxylation is 1. The highest BCUT2D eigenvalue weighted by Crippen LogP contribution is 2.26. The van der Waals surface area contributed by atoms with E-state index in [-0.39, 0.29) is 17.4 Å². The minimum Gasteiger partial charge on any atom is -0.496 e. The maximum atomic E-state index is 12.4. The number of Topliss-reactive ketones (excluding diaryl/α,β-unsaturated/α-hetero) is 1. The summed E-state index contributed by atoms with van der Waals surface area (Å²) in [6.45, 7) is 2.10. The van der Waals surface area contributed by atoms with E-state index in [9.17, 15) is 9.59 Å². The summed E-state index contributed by atoms with van der Waals surface area (Å²) in [6.07, 6.45) is 1.50. The Labute approximate surface area is 165 Å². The minimum absolute atomic E-state index is 0.00793. The van der Waals surface area contributed by atoms with Crippen molar-refractivity contribution >= 4 is 39.4 Å². The first-order valence-corrected chi connectivity index (χ1v) is 9.82. The predicted molar refractivity (Wildman–Crippen MR) is 104 cm³/mol. The molecule has 1 amide bonds. The van der Waals surface area contributed by atoms with Gasteiger partial charge >= 0.3 is 0 Å². The first-order valence-electron chi connectivity index (χ1n) is 8.04. The first-order chi connectivity index (χ1) is 12.4. The van der Waals surface area contributed by atoms with E-state index < -0.39 is 0 Å². The summed E-state index contributed by atoms with van der Waals surface area (Å²) in [6, 6.07) is 5.26. The van der Waals surface area contributed by atoms with Gasteiger partial charge in [0.1, 0.15) is 11.6 Å². The molecule has 2 rings (SSSR count). The summed E-state index contributed by atoms with van der Waals surface area (Å²) in [5, 5.41) is 11.8. The van der Waals surface area contributed by atoms with Crippen molar-refractivity contribution < 1.29 is 14.3 Å². The maximum absolute atomic E-state index is 12.4. The van der Waals surface area contributed by atoms with Crippen LogP contribution in [0.1, 0.15) is 29.5 Å². The van der Waals surface area contributed by atoms with Gasteiger partial charge in [-0.25, -0.2) is 0 Å². The van der Waals surface area contributed by atoms with E-state index in [1.54, 1.807) is 25.3 Å². The van der Waals surface area contributed by atoms with Crippen molar-refractivity contribution in [3.05, 3.63) is 34.1 Å². The molecule has 0 saturated heterocycles. The number of amides is 1. The van der Waals surface area contributed by atoms with Gasteiger partial charge in [0.2, 0.25) is 5.91 Å². The number of benzene rings is 1. The van der Waals surface area contributed by atoms with Crippen LogP contribution >= 0.6 is 27.7 Å². The average molecular weight is 441 g/mol. The van der Waals surface area contributed by atoms with E-state index in [2.05, 4.69) is 31.4 Å². The van der Waals surface area contributed by atoms with Gasteiger partial charge in [0.25, 0.3) is 0 Å². The van der Waals surface area contributed by atoms with E-state index in [1.165, 1.54) is 18.7 Å². The Balaban J connectivity index is 1.90. The lowest BCUT2D eigenvalue weighted by Gasteiger charge is -2.06. The fourth-order valence-electron chi connectivity index (χ4n) is 2.25. The number of methoxy groups -OCH3 is 1. The zero-order chi connectivity index (χ0) is 19.1. The highest BCUT2D eigenvalue weighted by molar-refractivity contribution is 9.10. The summed E-state index contributed by atoms with van der Waals surface area (Å²) >= 11 is 4.74. The number of ketones is 1. The maximum Gasteiger partial charge on any atom is 0.216 e. The van der Waals surface area contributed by atoms with Crippen LogP contribution in [0, 0.1) is 0 Å². The molecule has 0 bridgehead atoms. The van der Waals surface area contributed by atoms with Crippen molar-refractivity contribution in [3.8, 4) is 5.75 Å². The fraction of sp³-hybridized carbons (Fsp3) is 0.412. The van der Waals surface area contributed by atoms with E-state index in [0.717, 1.165) is 16.7 Å². The van der Waals surface area contributed by atoms with E-state index in [0.29, 0.717) is 29.4 Å². The number of carbonyl (C=O) groups excluding carboxylic acids is 2. The van der Waals surface area contributed by atoms with E-state index in [1.807, 2.05) is 11.6 Å². The van der Waals surface area contributed by atoms with Gasteiger partial charge in [-0.05, 0) is 40.5 Å². The lowest BCUT2D eigenvalue weighted by molar-refractivity contribution is -0.118. The minimum atomic E-state index is -0.0390. The molecule has 1 N–H and O–H groups in total. The fourth-order valence-corrected chi connectivity index (χ4v) is 3.62. The van der Waals surface area contributed by atoms with Gasteiger partial charge in [0.05, 0.1) is 17.3 Å². The molecule has 26 heavy (non-hydrogen) atoms. The molecule has 1 aromatic heterocycles. The molecule has 0 atom stereocenters. The number of nitrogens with one attached hydrogen (secondary N) is 1. The second-order valence-corrected chi connectivity index (χ2v) is 7.40. The molecule has 0 saturated carbocycles. The average Bonchev–Trinajstić information content (AvgIpc) is 2.96. The first kappa shape index (κ1) is 20.4.